The van der Waals surface area contributed by atoms with Crippen molar-refractivity contribution in [1.82, 2.24) is 4.90 Å². The van der Waals surface area contributed by atoms with E-state index in [1.165, 1.54) is 24.5 Å². The molecule has 5 rings (SSSR count). The summed E-state index contributed by atoms with van der Waals surface area (Å²) in [4.78, 5) is 32.1. The SMILES string of the molecule is O=C1c2ccccc2C(=O)N1CCCCCC[S+]1c2ccccc2Sc2ccccc21. The number of amides is 2. The third-order valence-electron chi connectivity index (χ3n) is 5.81. The number of hydrogen-bond donors (Lipinski definition) is 0. The molecule has 2 amide bonds. The van der Waals surface area contributed by atoms with Gasteiger partial charge in [-0.15, -0.1) is 0 Å². The van der Waals surface area contributed by atoms with Crippen molar-refractivity contribution in [2.45, 2.75) is 45.3 Å². The summed E-state index contributed by atoms with van der Waals surface area (Å²) in [6.07, 6.45) is 4.16. The third-order valence-corrected chi connectivity index (χ3v) is 9.69. The van der Waals surface area contributed by atoms with Crippen molar-refractivity contribution in [3.63, 3.8) is 0 Å². The molecule has 0 atom stereocenters. The third kappa shape index (κ3) is 3.92. The Morgan fingerprint density at radius 3 is 1.77 bits per heavy atom. The highest BCUT2D eigenvalue weighted by molar-refractivity contribution is 8.04. The lowest BCUT2D eigenvalue weighted by Crippen LogP contribution is -2.30. The van der Waals surface area contributed by atoms with E-state index in [9.17, 15) is 9.59 Å². The fraction of sp³-hybridized carbons (Fsp3) is 0.231. The fourth-order valence-electron chi connectivity index (χ4n) is 4.25. The zero-order chi connectivity index (χ0) is 21.2. The zero-order valence-electron chi connectivity index (χ0n) is 17.3. The van der Waals surface area contributed by atoms with E-state index in [-0.39, 0.29) is 22.7 Å². The highest BCUT2D eigenvalue weighted by Gasteiger charge is 2.36. The van der Waals surface area contributed by atoms with Gasteiger partial charge in [0.05, 0.1) is 31.8 Å². The van der Waals surface area contributed by atoms with E-state index in [1.54, 1.807) is 12.1 Å². The van der Waals surface area contributed by atoms with Crippen LogP contribution in [0.4, 0.5) is 0 Å². The second-order valence-corrected chi connectivity index (χ2v) is 11.0. The molecule has 156 valence electrons. The average Bonchev–Trinajstić information content (AvgIpc) is 3.05. The molecule has 0 radical (unpaired) electrons. The van der Waals surface area contributed by atoms with Crippen molar-refractivity contribution in [1.29, 1.82) is 0 Å². The van der Waals surface area contributed by atoms with Crippen LogP contribution in [0.1, 0.15) is 46.4 Å². The minimum absolute atomic E-state index is 0.120. The summed E-state index contributed by atoms with van der Waals surface area (Å²) in [5.41, 5.74) is 1.09. The van der Waals surface area contributed by atoms with Gasteiger partial charge in [-0.25, -0.2) is 0 Å². The monoisotopic (exact) mass is 446 g/mol. The Bertz CT molecular complexity index is 1060. The number of imide groups is 1. The number of unbranched alkanes of at least 4 members (excludes halogenated alkanes) is 3. The molecule has 3 aromatic rings. The Morgan fingerprint density at radius 2 is 1.16 bits per heavy atom. The van der Waals surface area contributed by atoms with Crippen LogP contribution in [0, 0.1) is 0 Å². The molecule has 0 unspecified atom stereocenters. The highest BCUT2D eigenvalue weighted by atomic mass is 32.2. The first-order chi connectivity index (χ1) is 15.2. The average molecular weight is 447 g/mol. The van der Waals surface area contributed by atoms with Gasteiger partial charge in [0.2, 0.25) is 0 Å². The maximum Gasteiger partial charge on any atom is 0.261 e. The first-order valence-corrected chi connectivity index (χ1v) is 13.0. The van der Waals surface area contributed by atoms with Crippen LogP contribution in [-0.2, 0) is 10.9 Å². The number of carbonyl (C=O) groups is 2. The number of benzene rings is 3. The molecule has 2 aliphatic heterocycles. The van der Waals surface area contributed by atoms with Gasteiger partial charge in [0.25, 0.3) is 11.8 Å². The van der Waals surface area contributed by atoms with Gasteiger partial charge in [-0.05, 0) is 55.7 Å². The van der Waals surface area contributed by atoms with Crippen molar-refractivity contribution in [2.75, 3.05) is 12.3 Å². The number of nitrogens with zero attached hydrogens (tertiary/aromatic N) is 1. The van der Waals surface area contributed by atoms with Crippen molar-refractivity contribution in [2.24, 2.45) is 0 Å². The number of rotatable bonds is 7. The van der Waals surface area contributed by atoms with Gasteiger partial charge in [-0.1, -0.05) is 54.6 Å². The molecule has 0 saturated carbocycles. The Labute approximate surface area is 190 Å². The Balaban J connectivity index is 1.15. The summed E-state index contributed by atoms with van der Waals surface area (Å²) in [5, 5.41) is 0. The molecular weight excluding hydrogens is 422 g/mol. The minimum atomic E-state index is -0.144. The highest BCUT2D eigenvalue weighted by Crippen LogP contribution is 2.45. The van der Waals surface area contributed by atoms with Crippen LogP contribution in [0.25, 0.3) is 0 Å². The topological polar surface area (TPSA) is 37.4 Å². The molecule has 0 bridgehead atoms. The molecule has 5 heteroatoms. The summed E-state index contributed by atoms with van der Waals surface area (Å²) in [6.45, 7) is 0.514. The summed E-state index contributed by atoms with van der Waals surface area (Å²) in [6, 6.07) is 24.7. The quantitative estimate of drug-likeness (QED) is 0.252. The molecule has 2 heterocycles. The lowest BCUT2D eigenvalue weighted by molar-refractivity contribution is 0.0651. The second-order valence-electron chi connectivity index (χ2n) is 7.81. The molecule has 0 N–H and O–H groups in total. The van der Waals surface area contributed by atoms with E-state index in [2.05, 4.69) is 48.5 Å². The summed E-state index contributed by atoms with van der Waals surface area (Å²) < 4.78 is 0. The summed E-state index contributed by atoms with van der Waals surface area (Å²) in [5.74, 6) is 0.867. The largest absolute Gasteiger partial charge is 0.274 e. The smallest absolute Gasteiger partial charge is 0.261 e. The van der Waals surface area contributed by atoms with Crippen LogP contribution in [0.5, 0.6) is 0 Å². The molecule has 3 nitrogen and oxygen atoms in total. The van der Waals surface area contributed by atoms with Crippen molar-refractivity contribution < 1.29 is 9.59 Å². The molecule has 0 aromatic heterocycles. The molecule has 0 saturated heterocycles. The van der Waals surface area contributed by atoms with E-state index < -0.39 is 0 Å². The zero-order valence-corrected chi connectivity index (χ0v) is 18.9. The molecule has 0 spiro atoms. The van der Waals surface area contributed by atoms with Gasteiger partial charge in [0.1, 0.15) is 5.75 Å². The van der Waals surface area contributed by atoms with E-state index in [0.717, 1.165) is 31.4 Å². The van der Waals surface area contributed by atoms with Gasteiger partial charge in [-0.3, -0.25) is 14.5 Å². The van der Waals surface area contributed by atoms with Gasteiger partial charge in [0, 0.05) is 6.54 Å². The Hall–Kier alpha value is -2.50. The maximum absolute atomic E-state index is 12.5. The van der Waals surface area contributed by atoms with Crippen molar-refractivity contribution in [3.8, 4) is 0 Å². The first kappa shape index (κ1) is 20.4. The Kier molecular flexibility index (Phi) is 5.88. The predicted octanol–water partition coefficient (Wildman–Crippen LogP) is 6.04. The van der Waals surface area contributed by atoms with Crippen LogP contribution < -0.4 is 0 Å². The normalized spacial score (nSPS) is 15.0. The van der Waals surface area contributed by atoms with E-state index in [1.807, 2.05) is 23.9 Å². The molecule has 2 aliphatic rings. The van der Waals surface area contributed by atoms with E-state index >= 15 is 0 Å². The van der Waals surface area contributed by atoms with Crippen molar-refractivity contribution in [3.05, 3.63) is 83.9 Å². The molecule has 3 aromatic carbocycles. The Morgan fingerprint density at radius 1 is 0.645 bits per heavy atom. The number of fused-ring (bicyclic) bond motifs is 3. The van der Waals surface area contributed by atoms with Crippen LogP contribution in [0.2, 0.25) is 0 Å². The standard InChI is InChI=1S/C26H24NO2S2/c28-25-19-11-3-4-12-20(19)26(29)27(25)17-9-1-2-10-18-31-23-15-7-5-13-21(23)30-22-14-6-8-16-24(22)31/h3-8,11-16H,1-2,9-10,17-18H2/q+1. The van der Waals surface area contributed by atoms with E-state index in [4.69, 9.17) is 0 Å². The van der Waals surface area contributed by atoms with Crippen molar-refractivity contribution >= 4 is 34.5 Å². The predicted molar refractivity (Wildman–Crippen MR) is 126 cm³/mol. The number of carbonyl (C=O) groups excluding carboxylic acids is 2. The number of hydrogen-bond acceptors (Lipinski definition) is 3. The lowest BCUT2D eigenvalue weighted by Gasteiger charge is -2.19. The molecular formula is C26H24NO2S2+. The van der Waals surface area contributed by atoms with Crippen LogP contribution in [0.15, 0.2) is 92.4 Å². The van der Waals surface area contributed by atoms with Gasteiger partial charge < -0.3 is 0 Å². The van der Waals surface area contributed by atoms with Gasteiger partial charge >= 0.3 is 0 Å². The molecule has 31 heavy (non-hydrogen) atoms. The fourth-order valence-corrected chi connectivity index (χ4v) is 8.24. The molecule has 0 aliphatic carbocycles. The minimum Gasteiger partial charge on any atom is -0.274 e. The second kappa shape index (κ2) is 8.93. The lowest BCUT2D eigenvalue weighted by atomic mass is 10.1. The first-order valence-electron chi connectivity index (χ1n) is 10.8. The maximum atomic E-state index is 12.5. The summed E-state index contributed by atoms with van der Waals surface area (Å²) >= 11 is 1.88. The molecule has 0 fully saturated rings. The van der Waals surface area contributed by atoms with Crippen LogP contribution >= 0.6 is 11.8 Å². The van der Waals surface area contributed by atoms with Gasteiger partial charge in [-0.2, -0.15) is 0 Å². The van der Waals surface area contributed by atoms with Gasteiger partial charge in [0.15, 0.2) is 9.79 Å². The summed E-state index contributed by atoms with van der Waals surface area (Å²) in [7, 11) is 0.120. The van der Waals surface area contributed by atoms with E-state index in [0.29, 0.717) is 17.7 Å². The van der Waals surface area contributed by atoms with Crippen LogP contribution in [-0.4, -0.2) is 29.0 Å². The van der Waals surface area contributed by atoms with Crippen LogP contribution in [0.3, 0.4) is 0 Å².